The number of carbonyl (C=O) groups is 1. The van der Waals surface area contributed by atoms with Gasteiger partial charge in [-0.25, -0.2) is 8.42 Å². The summed E-state index contributed by atoms with van der Waals surface area (Å²) in [7, 11) is -2.55. The highest BCUT2D eigenvalue weighted by Gasteiger charge is 2.31. The molecule has 1 heterocycles. The molecule has 1 unspecified atom stereocenters. The number of rotatable bonds is 10. The Morgan fingerprint density at radius 2 is 1.80 bits per heavy atom. The second-order valence-electron chi connectivity index (χ2n) is 9.13. The van der Waals surface area contributed by atoms with Gasteiger partial charge in [-0.2, -0.15) is 13.2 Å². The summed E-state index contributed by atoms with van der Waals surface area (Å²) in [6, 6.07) is 18.0. The molecule has 4 rings (SSSR count). The van der Waals surface area contributed by atoms with E-state index in [0.29, 0.717) is 24.6 Å². The third-order valence-corrected chi connectivity index (χ3v) is 8.01. The summed E-state index contributed by atoms with van der Waals surface area (Å²) in [5, 5.41) is 5.79. The molecule has 8 nitrogen and oxygen atoms in total. The largest absolute Gasteiger partial charge is 0.489 e. The Kier molecular flexibility index (Phi) is 8.98. The van der Waals surface area contributed by atoms with Crippen LogP contribution < -0.4 is 15.4 Å². The van der Waals surface area contributed by atoms with Crippen molar-refractivity contribution < 1.29 is 35.9 Å². The van der Waals surface area contributed by atoms with E-state index in [1.54, 1.807) is 30.3 Å². The monoisotopic (exact) mass is 575 g/mol. The van der Waals surface area contributed by atoms with Crippen LogP contribution in [0.5, 0.6) is 5.75 Å². The number of esters is 1. The molecule has 3 aromatic rings. The number of hydrogen-bond acceptors (Lipinski definition) is 8. The Morgan fingerprint density at radius 1 is 1.07 bits per heavy atom. The Balaban J connectivity index is 1.46. The van der Waals surface area contributed by atoms with E-state index in [1.807, 2.05) is 0 Å². The van der Waals surface area contributed by atoms with E-state index in [1.165, 1.54) is 37.4 Å². The number of benzene rings is 3. The van der Waals surface area contributed by atoms with Crippen LogP contribution in [0.3, 0.4) is 0 Å². The number of sulfone groups is 1. The van der Waals surface area contributed by atoms with Crippen LogP contribution in [0.4, 0.5) is 18.9 Å². The van der Waals surface area contributed by atoms with Gasteiger partial charge in [0.2, 0.25) is 0 Å². The lowest BCUT2D eigenvalue weighted by Gasteiger charge is -2.17. The average Bonchev–Trinajstić information content (AvgIpc) is 3.44. The van der Waals surface area contributed by atoms with Gasteiger partial charge in [0.05, 0.1) is 36.3 Å². The third-order valence-electron chi connectivity index (χ3n) is 6.18. The second-order valence-corrected chi connectivity index (χ2v) is 11.2. The summed E-state index contributed by atoms with van der Waals surface area (Å²) < 4.78 is 77.2. The van der Waals surface area contributed by atoms with E-state index in [9.17, 15) is 26.4 Å². The molecule has 3 aromatic carbocycles. The maximum absolute atomic E-state index is 13.5. The lowest BCUT2D eigenvalue weighted by Crippen LogP contribution is -2.26. The Hall–Kier alpha value is -4.06. The van der Waals surface area contributed by atoms with E-state index < -0.39 is 33.5 Å². The van der Waals surface area contributed by atoms with E-state index in [-0.39, 0.29) is 40.7 Å². The number of ether oxygens (including phenoxy) is 2. The Morgan fingerprint density at radius 3 is 2.42 bits per heavy atom. The molecule has 0 fully saturated rings. The van der Waals surface area contributed by atoms with Gasteiger partial charge in [0.15, 0.2) is 15.8 Å². The number of methoxy groups -OCH3 is 1. The first-order valence-corrected chi connectivity index (χ1v) is 14.0. The number of aliphatic imine (C=N–C) groups is 1. The van der Waals surface area contributed by atoms with Crippen LogP contribution in [0, 0.1) is 0 Å². The fourth-order valence-corrected chi connectivity index (χ4v) is 5.77. The summed E-state index contributed by atoms with van der Waals surface area (Å²) in [6.45, 7) is 0.947. The molecule has 1 aliphatic rings. The van der Waals surface area contributed by atoms with Crippen molar-refractivity contribution in [3.05, 3.63) is 89.5 Å². The predicted molar refractivity (Wildman–Crippen MR) is 144 cm³/mol. The van der Waals surface area contributed by atoms with Gasteiger partial charge in [-0.15, -0.1) is 0 Å². The van der Waals surface area contributed by atoms with Crippen LogP contribution >= 0.6 is 0 Å². The van der Waals surface area contributed by atoms with Crippen LogP contribution in [0.2, 0.25) is 0 Å². The molecule has 212 valence electrons. The molecule has 0 aliphatic carbocycles. The first kappa shape index (κ1) is 28.9. The van der Waals surface area contributed by atoms with Crippen LogP contribution in [-0.4, -0.2) is 46.3 Å². The highest BCUT2D eigenvalue weighted by molar-refractivity contribution is 7.91. The standard InChI is InChI=1S/C28H28F3N3O5S/c1-38-26(35)15-21(20-5-3-2-4-6-20)18-40(36,37)25-9-7-24(8-10-25)39-17-19-13-22(28(29,30)31)16-23(14-19)34-27-32-11-12-33-27/h2-10,13-14,16,21H,11-12,15,17-18H2,1H3,(H2,32,33,34). The minimum atomic E-state index is -4.56. The van der Waals surface area contributed by atoms with Crippen LogP contribution in [-0.2, 0) is 32.2 Å². The summed E-state index contributed by atoms with van der Waals surface area (Å²) in [4.78, 5) is 16.1. The van der Waals surface area contributed by atoms with Crippen LogP contribution in [0.1, 0.15) is 29.0 Å². The minimum absolute atomic E-state index is 0.0287. The molecule has 0 spiro atoms. The van der Waals surface area contributed by atoms with Gasteiger partial charge < -0.3 is 20.1 Å². The van der Waals surface area contributed by atoms with Gasteiger partial charge >= 0.3 is 12.1 Å². The lowest BCUT2D eigenvalue weighted by atomic mass is 9.98. The average molecular weight is 576 g/mol. The van der Waals surface area contributed by atoms with E-state index in [4.69, 9.17) is 9.47 Å². The van der Waals surface area contributed by atoms with Crippen molar-refractivity contribution in [3.8, 4) is 5.75 Å². The number of guanidine groups is 1. The topological polar surface area (TPSA) is 106 Å². The normalized spacial score (nSPS) is 14.2. The minimum Gasteiger partial charge on any atom is -0.489 e. The molecule has 2 N–H and O–H groups in total. The molecule has 0 aromatic heterocycles. The summed E-state index contributed by atoms with van der Waals surface area (Å²) >= 11 is 0. The molecule has 40 heavy (non-hydrogen) atoms. The summed E-state index contributed by atoms with van der Waals surface area (Å²) in [5.74, 6) is -0.769. The smallest absolute Gasteiger partial charge is 0.416 e. The number of alkyl halides is 3. The van der Waals surface area contributed by atoms with Gasteiger partial charge in [-0.05, 0) is 53.6 Å². The van der Waals surface area contributed by atoms with E-state index in [2.05, 4.69) is 15.6 Å². The molecule has 0 saturated heterocycles. The summed E-state index contributed by atoms with van der Waals surface area (Å²) in [6.07, 6.45) is -4.66. The number of carbonyl (C=O) groups excluding carboxylic acids is 1. The molecule has 12 heteroatoms. The zero-order valence-corrected chi connectivity index (χ0v) is 22.4. The molecule has 0 saturated carbocycles. The van der Waals surface area contributed by atoms with Crippen molar-refractivity contribution in [2.45, 2.75) is 30.0 Å². The molecule has 0 radical (unpaired) electrons. The first-order chi connectivity index (χ1) is 19.0. The molecule has 1 aliphatic heterocycles. The van der Waals surface area contributed by atoms with Gasteiger partial charge in [0.1, 0.15) is 12.4 Å². The van der Waals surface area contributed by atoms with Crippen LogP contribution in [0.15, 0.2) is 82.7 Å². The maximum Gasteiger partial charge on any atom is 0.416 e. The van der Waals surface area contributed by atoms with E-state index in [0.717, 1.165) is 12.1 Å². The van der Waals surface area contributed by atoms with Crippen molar-refractivity contribution in [2.75, 3.05) is 31.3 Å². The highest BCUT2D eigenvalue weighted by Crippen LogP contribution is 2.33. The fourth-order valence-electron chi connectivity index (χ4n) is 4.18. The van der Waals surface area contributed by atoms with Crippen LogP contribution in [0.25, 0.3) is 0 Å². The number of halogens is 3. The molecule has 0 amide bonds. The number of hydrogen-bond donors (Lipinski definition) is 2. The molecular weight excluding hydrogens is 547 g/mol. The first-order valence-electron chi connectivity index (χ1n) is 12.4. The van der Waals surface area contributed by atoms with Gasteiger partial charge in [0.25, 0.3) is 0 Å². The van der Waals surface area contributed by atoms with Gasteiger partial charge in [-0.1, -0.05) is 30.3 Å². The van der Waals surface area contributed by atoms with Crippen molar-refractivity contribution >= 4 is 27.5 Å². The number of anilines is 1. The molecular formula is C28H28F3N3O5S. The molecule has 1 atom stereocenters. The number of nitrogens with one attached hydrogen (secondary N) is 2. The molecule has 0 bridgehead atoms. The highest BCUT2D eigenvalue weighted by atomic mass is 32.2. The zero-order valence-electron chi connectivity index (χ0n) is 21.6. The zero-order chi connectivity index (χ0) is 28.8. The van der Waals surface area contributed by atoms with Crippen molar-refractivity contribution in [2.24, 2.45) is 4.99 Å². The predicted octanol–water partition coefficient (Wildman–Crippen LogP) is 4.78. The quantitative estimate of drug-likeness (QED) is 0.336. The van der Waals surface area contributed by atoms with E-state index >= 15 is 0 Å². The Labute approximate surface area is 230 Å². The fraction of sp³-hybridized carbons (Fsp3) is 0.286. The second kappa shape index (κ2) is 12.4. The summed E-state index contributed by atoms with van der Waals surface area (Å²) in [5.41, 5.74) is 0.335. The maximum atomic E-state index is 13.5. The SMILES string of the molecule is COC(=O)CC(CS(=O)(=O)c1ccc(OCc2cc(NC3=NCCN3)cc(C(F)(F)F)c2)cc1)c1ccccc1. The van der Waals surface area contributed by atoms with Crippen molar-refractivity contribution in [3.63, 3.8) is 0 Å². The lowest BCUT2D eigenvalue weighted by molar-refractivity contribution is -0.141. The Bertz CT molecular complexity index is 1460. The van der Waals surface area contributed by atoms with Crippen molar-refractivity contribution in [1.82, 2.24) is 5.32 Å². The van der Waals surface area contributed by atoms with Gasteiger partial charge in [-0.3, -0.25) is 9.79 Å². The van der Waals surface area contributed by atoms with Gasteiger partial charge in [0, 0.05) is 18.2 Å². The third kappa shape index (κ3) is 7.75. The number of nitrogens with zero attached hydrogens (tertiary/aromatic N) is 1. The van der Waals surface area contributed by atoms with Crippen molar-refractivity contribution in [1.29, 1.82) is 0 Å².